The minimum atomic E-state index is -0.231. The summed E-state index contributed by atoms with van der Waals surface area (Å²) in [5, 5.41) is 4.36. The number of ether oxygens (including phenoxy) is 1. The Balaban J connectivity index is 1.41. The third-order valence-electron chi connectivity index (χ3n) is 7.05. The molecule has 0 radical (unpaired) electrons. The number of nitrogens with zero attached hydrogens (tertiary/aromatic N) is 3. The van der Waals surface area contributed by atoms with Crippen LogP contribution in [-0.2, 0) is 14.9 Å². The number of carbonyl (C=O) groups is 1. The molecule has 0 bridgehead atoms. The van der Waals surface area contributed by atoms with E-state index >= 15 is 0 Å². The summed E-state index contributed by atoms with van der Waals surface area (Å²) in [7, 11) is 1.73. The van der Waals surface area contributed by atoms with E-state index in [1.165, 1.54) is 32.1 Å². The summed E-state index contributed by atoms with van der Waals surface area (Å²) in [5.41, 5.74) is -0.231. The monoisotopic (exact) mass is 389 g/mol. The van der Waals surface area contributed by atoms with E-state index in [1.54, 1.807) is 7.11 Å². The van der Waals surface area contributed by atoms with E-state index in [2.05, 4.69) is 10.1 Å². The molecule has 1 aliphatic heterocycles. The normalized spacial score (nSPS) is 26.5. The van der Waals surface area contributed by atoms with Gasteiger partial charge in [-0.25, -0.2) is 0 Å². The molecule has 1 atom stereocenters. The molecule has 1 aromatic heterocycles. The number of aromatic nitrogens is 2. The topological polar surface area (TPSA) is 68.5 Å². The van der Waals surface area contributed by atoms with Gasteiger partial charge in [-0.3, -0.25) is 4.79 Å². The van der Waals surface area contributed by atoms with Crippen molar-refractivity contribution in [2.24, 2.45) is 5.92 Å². The quantitative estimate of drug-likeness (QED) is 0.666. The van der Waals surface area contributed by atoms with Gasteiger partial charge in [0.05, 0.1) is 5.41 Å². The highest BCUT2D eigenvalue weighted by Gasteiger charge is 2.43. The largest absolute Gasteiger partial charge is 0.385 e. The van der Waals surface area contributed by atoms with Gasteiger partial charge in [-0.1, -0.05) is 37.3 Å². The first-order valence-electron chi connectivity index (χ1n) is 11.3. The Morgan fingerprint density at radius 1 is 1.21 bits per heavy atom. The molecular weight excluding hydrogens is 354 g/mol. The first-order chi connectivity index (χ1) is 13.7. The molecule has 2 heterocycles. The van der Waals surface area contributed by atoms with Gasteiger partial charge in [0, 0.05) is 39.1 Å². The van der Waals surface area contributed by atoms with Crippen molar-refractivity contribution >= 4 is 5.91 Å². The van der Waals surface area contributed by atoms with Crippen molar-refractivity contribution in [2.45, 2.75) is 88.4 Å². The van der Waals surface area contributed by atoms with E-state index in [-0.39, 0.29) is 5.41 Å². The van der Waals surface area contributed by atoms with Crippen LogP contribution in [-0.4, -0.2) is 47.8 Å². The maximum Gasteiger partial charge on any atom is 0.229 e. The Labute approximate surface area is 168 Å². The molecule has 1 aromatic rings. The molecule has 2 aliphatic carbocycles. The minimum Gasteiger partial charge on any atom is -0.385 e. The van der Waals surface area contributed by atoms with E-state index in [9.17, 15) is 4.79 Å². The fourth-order valence-electron chi connectivity index (χ4n) is 5.05. The molecule has 3 aliphatic rings. The van der Waals surface area contributed by atoms with E-state index in [1.807, 2.05) is 0 Å². The Kier molecular flexibility index (Phi) is 6.34. The SMILES string of the molecule is COCCC1(c2noc(C3CC3)n2)CCCN(C(=O)CCC2CCCCC2)C1. The summed E-state index contributed by atoms with van der Waals surface area (Å²) >= 11 is 0. The third kappa shape index (κ3) is 4.58. The third-order valence-corrected chi connectivity index (χ3v) is 7.05. The molecule has 6 heteroatoms. The highest BCUT2D eigenvalue weighted by molar-refractivity contribution is 5.76. The van der Waals surface area contributed by atoms with Gasteiger partial charge in [0.2, 0.25) is 11.8 Å². The smallest absolute Gasteiger partial charge is 0.229 e. The lowest BCUT2D eigenvalue weighted by molar-refractivity contribution is -0.134. The Morgan fingerprint density at radius 3 is 2.79 bits per heavy atom. The second-order valence-electron chi connectivity index (χ2n) is 9.22. The van der Waals surface area contributed by atoms with Crippen molar-refractivity contribution in [3.8, 4) is 0 Å². The molecule has 1 saturated heterocycles. The molecule has 156 valence electrons. The number of piperidine rings is 1. The molecule has 0 aromatic carbocycles. The van der Waals surface area contributed by atoms with Crippen LogP contribution < -0.4 is 0 Å². The number of amides is 1. The standard InChI is InChI=1S/C22H35N3O3/c1-27-15-13-22(21-23-20(28-24-21)18-9-10-18)12-5-14-25(16-22)19(26)11-8-17-6-3-2-4-7-17/h17-18H,2-16H2,1H3. The van der Waals surface area contributed by atoms with Crippen LogP contribution in [0.25, 0.3) is 0 Å². The maximum absolute atomic E-state index is 13.0. The molecule has 28 heavy (non-hydrogen) atoms. The van der Waals surface area contributed by atoms with Crippen LogP contribution in [0.5, 0.6) is 0 Å². The molecule has 6 nitrogen and oxygen atoms in total. The lowest BCUT2D eigenvalue weighted by Crippen LogP contribution is -2.49. The highest BCUT2D eigenvalue weighted by atomic mass is 16.5. The van der Waals surface area contributed by atoms with Crippen molar-refractivity contribution in [1.82, 2.24) is 15.0 Å². The second kappa shape index (κ2) is 8.93. The summed E-state index contributed by atoms with van der Waals surface area (Å²) in [6, 6.07) is 0. The van der Waals surface area contributed by atoms with Crippen LogP contribution in [0.4, 0.5) is 0 Å². The summed E-state index contributed by atoms with van der Waals surface area (Å²) < 4.78 is 11.0. The van der Waals surface area contributed by atoms with Crippen LogP contribution in [0.3, 0.4) is 0 Å². The maximum atomic E-state index is 13.0. The van der Waals surface area contributed by atoms with Crippen molar-refractivity contribution in [3.05, 3.63) is 11.7 Å². The van der Waals surface area contributed by atoms with Gasteiger partial charge in [-0.15, -0.1) is 0 Å². The lowest BCUT2D eigenvalue weighted by Gasteiger charge is -2.41. The Morgan fingerprint density at radius 2 is 2.04 bits per heavy atom. The van der Waals surface area contributed by atoms with Crippen molar-refractivity contribution in [2.75, 3.05) is 26.8 Å². The molecular formula is C22H35N3O3. The van der Waals surface area contributed by atoms with Gasteiger partial charge >= 0.3 is 0 Å². The van der Waals surface area contributed by atoms with Crippen LogP contribution in [0.1, 0.15) is 94.7 Å². The van der Waals surface area contributed by atoms with Gasteiger partial charge in [0.1, 0.15) is 0 Å². The number of methoxy groups -OCH3 is 1. The fraction of sp³-hybridized carbons (Fsp3) is 0.864. The predicted octanol–water partition coefficient (Wildman–Crippen LogP) is 4.20. The van der Waals surface area contributed by atoms with Crippen molar-refractivity contribution in [3.63, 3.8) is 0 Å². The van der Waals surface area contributed by atoms with Gasteiger partial charge < -0.3 is 14.2 Å². The molecule has 0 spiro atoms. The molecule has 2 saturated carbocycles. The predicted molar refractivity (Wildman–Crippen MR) is 106 cm³/mol. The van der Waals surface area contributed by atoms with Gasteiger partial charge in [-0.05, 0) is 44.4 Å². The average Bonchev–Trinajstić information content (AvgIpc) is 3.47. The molecule has 1 unspecified atom stereocenters. The van der Waals surface area contributed by atoms with Gasteiger partial charge in [0.15, 0.2) is 5.82 Å². The number of rotatable bonds is 8. The lowest BCUT2D eigenvalue weighted by atomic mass is 9.76. The summed E-state index contributed by atoms with van der Waals surface area (Å²) in [6.45, 7) is 2.20. The van der Waals surface area contributed by atoms with Gasteiger partial charge in [0.25, 0.3) is 0 Å². The van der Waals surface area contributed by atoms with E-state index in [0.717, 1.165) is 62.7 Å². The number of hydrogen-bond donors (Lipinski definition) is 0. The van der Waals surface area contributed by atoms with E-state index < -0.39 is 0 Å². The van der Waals surface area contributed by atoms with Crippen molar-refractivity contribution < 1.29 is 14.1 Å². The van der Waals surface area contributed by atoms with Crippen molar-refractivity contribution in [1.29, 1.82) is 0 Å². The number of hydrogen-bond acceptors (Lipinski definition) is 5. The zero-order valence-corrected chi connectivity index (χ0v) is 17.3. The number of carbonyl (C=O) groups excluding carboxylic acids is 1. The van der Waals surface area contributed by atoms with E-state index in [4.69, 9.17) is 14.2 Å². The summed E-state index contributed by atoms with van der Waals surface area (Å²) in [4.78, 5) is 19.8. The molecule has 3 fully saturated rings. The summed E-state index contributed by atoms with van der Waals surface area (Å²) in [5.74, 6) is 3.08. The van der Waals surface area contributed by atoms with Crippen LogP contribution in [0.2, 0.25) is 0 Å². The van der Waals surface area contributed by atoms with Crippen LogP contribution >= 0.6 is 0 Å². The van der Waals surface area contributed by atoms with Gasteiger partial charge in [-0.2, -0.15) is 4.98 Å². The Hall–Kier alpha value is -1.43. The second-order valence-corrected chi connectivity index (χ2v) is 9.22. The molecule has 1 amide bonds. The zero-order valence-electron chi connectivity index (χ0n) is 17.3. The first kappa shape index (κ1) is 19.9. The van der Waals surface area contributed by atoms with Crippen LogP contribution in [0, 0.1) is 5.92 Å². The minimum absolute atomic E-state index is 0.231. The zero-order chi connectivity index (χ0) is 19.4. The fourth-order valence-corrected chi connectivity index (χ4v) is 5.05. The highest BCUT2D eigenvalue weighted by Crippen LogP contribution is 2.42. The van der Waals surface area contributed by atoms with E-state index in [0.29, 0.717) is 31.4 Å². The summed E-state index contributed by atoms with van der Waals surface area (Å²) in [6.07, 6.45) is 13.5. The number of likely N-dealkylation sites (tertiary alicyclic amines) is 1. The average molecular weight is 390 g/mol. The first-order valence-corrected chi connectivity index (χ1v) is 11.3. The molecule has 4 rings (SSSR count). The Bertz CT molecular complexity index is 651. The molecule has 0 N–H and O–H groups in total. The van der Waals surface area contributed by atoms with Crippen LogP contribution in [0.15, 0.2) is 4.52 Å².